The number of hydrogen-bond acceptors (Lipinski definition) is 4. The first-order valence-electron chi connectivity index (χ1n) is 15.6. The summed E-state index contributed by atoms with van der Waals surface area (Å²) in [6.07, 6.45) is 3.76. The van der Waals surface area contributed by atoms with Crippen molar-refractivity contribution >= 4 is 39.9 Å². The lowest BCUT2D eigenvalue weighted by atomic mass is 9.89. The highest BCUT2D eigenvalue weighted by Gasteiger charge is 2.33. The predicted molar refractivity (Wildman–Crippen MR) is 185 cm³/mol. The number of fused-ring (bicyclic) bond motifs is 1. The lowest BCUT2D eigenvalue weighted by Crippen LogP contribution is -2.53. The van der Waals surface area contributed by atoms with Gasteiger partial charge >= 0.3 is 6.03 Å². The molecule has 7 nitrogen and oxygen atoms in total. The number of amides is 3. The second-order valence-electron chi connectivity index (χ2n) is 12.3. The van der Waals surface area contributed by atoms with Crippen LogP contribution in [0.2, 0.25) is 0 Å². The SMILES string of the molecule is CC(c1c[nH]c2ccccc12)C(NC(=O)N1CCC(c2ccccc2)CC1)C(=O)Nc1cc(CN(C)C)ccc1-c1ccsc1. The van der Waals surface area contributed by atoms with E-state index in [0.717, 1.165) is 58.2 Å². The molecule has 3 aromatic carbocycles. The van der Waals surface area contributed by atoms with E-state index < -0.39 is 6.04 Å². The normalized spacial score (nSPS) is 15.2. The van der Waals surface area contributed by atoms with Crippen molar-refractivity contribution in [1.82, 2.24) is 20.1 Å². The Morgan fingerprint density at radius 2 is 1.76 bits per heavy atom. The summed E-state index contributed by atoms with van der Waals surface area (Å²) in [4.78, 5) is 35.4. The van der Waals surface area contributed by atoms with Gasteiger partial charge in [0.05, 0.1) is 0 Å². The summed E-state index contributed by atoms with van der Waals surface area (Å²) in [5, 5.41) is 11.6. The summed E-state index contributed by atoms with van der Waals surface area (Å²) in [7, 11) is 4.06. The van der Waals surface area contributed by atoms with Crippen molar-refractivity contribution in [2.75, 3.05) is 32.5 Å². The van der Waals surface area contributed by atoms with E-state index in [1.165, 1.54) is 5.56 Å². The number of nitrogens with one attached hydrogen (secondary N) is 3. The average molecular weight is 620 g/mol. The monoisotopic (exact) mass is 619 g/mol. The van der Waals surface area contributed by atoms with Gasteiger partial charge in [0, 0.05) is 53.9 Å². The molecule has 0 saturated carbocycles. The fraction of sp³-hybridized carbons (Fsp3) is 0.297. The van der Waals surface area contributed by atoms with Crippen LogP contribution in [-0.2, 0) is 11.3 Å². The van der Waals surface area contributed by atoms with Crippen molar-refractivity contribution in [2.24, 2.45) is 0 Å². The molecule has 2 atom stereocenters. The topological polar surface area (TPSA) is 80.5 Å². The Morgan fingerprint density at radius 1 is 1.00 bits per heavy atom. The summed E-state index contributed by atoms with van der Waals surface area (Å²) >= 11 is 1.62. The third-order valence-corrected chi connectivity index (χ3v) is 9.58. The summed E-state index contributed by atoms with van der Waals surface area (Å²) in [6, 6.07) is 25.9. The van der Waals surface area contributed by atoms with Crippen molar-refractivity contribution < 1.29 is 9.59 Å². The number of aromatic amines is 1. The van der Waals surface area contributed by atoms with Crippen LogP contribution < -0.4 is 10.6 Å². The fourth-order valence-corrected chi connectivity index (χ4v) is 7.13. The number of para-hydroxylation sites is 1. The average Bonchev–Trinajstić information content (AvgIpc) is 3.74. The van der Waals surface area contributed by atoms with Crippen molar-refractivity contribution in [1.29, 1.82) is 0 Å². The molecular formula is C37H41N5O2S. The Balaban J connectivity index is 1.27. The number of thiophene rings is 1. The Kier molecular flexibility index (Phi) is 9.33. The molecule has 2 aromatic heterocycles. The van der Waals surface area contributed by atoms with Crippen LogP contribution in [0.15, 0.2) is 95.8 Å². The molecule has 0 radical (unpaired) electrons. The van der Waals surface area contributed by atoms with Crippen molar-refractivity contribution in [3.05, 3.63) is 113 Å². The molecular weight excluding hydrogens is 579 g/mol. The molecule has 0 bridgehead atoms. The molecule has 232 valence electrons. The quantitative estimate of drug-likeness (QED) is 0.159. The van der Waals surface area contributed by atoms with Crippen molar-refractivity contribution in [2.45, 2.75) is 44.2 Å². The number of hydrogen-bond donors (Lipinski definition) is 3. The second kappa shape index (κ2) is 13.7. The van der Waals surface area contributed by atoms with E-state index in [4.69, 9.17) is 0 Å². The van der Waals surface area contributed by atoms with E-state index in [2.05, 4.69) is 80.5 Å². The van der Waals surface area contributed by atoms with Crippen LogP contribution in [0.5, 0.6) is 0 Å². The predicted octanol–water partition coefficient (Wildman–Crippen LogP) is 7.66. The van der Waals surface area contributed by atoms with Crippen LogP contribution in [-0.4, -0.2) is 59.9 Å². The number of anilines is 1. The molecule has 1 aliphatic heterocycles. The van der Waals surface area contributed by atoms with Crippen LogP contribution in [0.1, 0.15) is 48.3 Å². The number of urea groups is 1. The van der Waals surface area contributed by atoms with E-state index in [9.17, 15) is 9.59 Å². The smallest absolute Gasteiger partial charge is 0.318 e. The molecule has 1 fully saturated rings. The van der Waals surface area contributed by atoms with Crippen LogP contribution in [0.3, 0.4) is 0 Å². The minimum absolute atomic E-state index is 0.201. The Bertz CT molecular complexity index is 1740. The third-order valence-electron chi connectivity index (χ3n) is 8.90. The van der Waals surface area contributed by atoms with Gasteiger partial charge in [0.1, 0.15) is 6.04 Å². The fourth-order valence-electron chi connectivity index (χ4n) is 6.47. The van der Waals surface area contributed by atoms with Crippen molar-refractivity contribution in [3.8, 4) is 11.1 Å². The zero-order valence-corrected chi connectivity index (χ0v) is 26.9. The summed E-state index contributed by atoms with van der Waals surface area (Å²) in [5.41, 5.74) is 7.17. The number of likely N-dealkylation sites (tertiary alicyclic amines) is 1. The molecule has 5 aromatic rings. The minimum atomic E-state index is -0.795. The van der Waals surface area contributed by atoms with E-state index in [1.807, 2.05) is 61.8 Å². The maximum absolute atomic E-state index is 14.3. The summed E-state index contributed by atoms with van der Waals surface area (Å²) in [6.45, 7) is 4.06. The van der Waals surface area contributed by atoms with E-state index in [0.29, 0.717) is 19.0 Å². The standard InChI is InChI=1S/C37H41N5O2S/c1-25(32-22-38-33-12-8-7-11-31(32)33)35(40-37(44)42-18-15-28(16-19-42)27-9-5-4-6-10-27)36(43)39-34-21-26(23-41(2)3)13-14-30(34)29-17-20-45-24-29/h4-14,17,20-22,24-25,28,35,38H,15-16,18-19,23H2,1-3H3,(H,39,43)(H,40,44). The molecule has 6 rings (SSSR count). The van der Waals surface area contributed by atoms with Crippen molar-refractivity contribution in [3.63, 3.8) is 0 Å². The number of piperidine rings is 1. The number of carbonyl (C=O) groups excluding carboxylic acids is 2. The number of aromatic nitrogens is 1. The molecule has 3 heterocycles. The maximum atomic E-state index is 14.3. The lowest BCUT2D eigenvalue weighted by molar-refractivity contribution is -0.118. The number of rotatable bonds is 9. The molecule has 45 heavy (non-hydrogen) atoms. The highest BCUT2D eigenvalue weighted by molar-refractivity contribution is 7.08. The Hall–Kier alpha value is -4.40. The van der Waals surface area contributed by atoms with E-state index in [1.54, 1.807) is 11.3 Å². The van der Waals surface area contributed by atoms with Gasteiger partial charge in [-0.1, -0.05) is 67.6 Å². The van der Waals surface area contributed by atoms with Crippen LogP contribution >= 0.6 is 11.3 Å². The van der Waals surface area contributed by atoms with Gasteiger partial charge in [0.15, 0.2) is 0 Å². The van der Waals surface area contributed by atoms with Gasteiger partial charge in [0.25, 0.3) is 0 Å². The zero-order valence-electron chi connectivity index (χ0n) is 26.1. The van der Waals surface area contributed by atoms with Gasteiger partial charge in [-0.2, -0.15) is 11.3 Å². The van der Waals surface area contributed by atoms with Crippen LogP contribution in [0.4, 0.5) is 10.5 Å². The largest absolute Gasteiger partial charge is 0.361 e. The Morgan fingerprint density at radius 3 is 2.49 bits per heavy atom. The molecule has 1 aliphatic rings. The van der Waals surface area contributed by atoms with Crippen LogP contribution in [0, 0.1) is 0 Å². The second-order valence-corrected chi connectivity index (χ2v) is 13.1. The third kappa shape index (κ3) is 6.97. The van der Waals surface area contributed by atoms with Gasteiger partial charge in [0.2, 0.25) is 5.91 Å². The molecule has 1 saturated heterocycles. The van der Waals surface area contributed by atoms with Gasteiger partial charge in [-0.3, -0.25) is 4.79 Å². The number of nitrogens with zero attached hydrogens (tertiary/aromatic N) is 2. The first-order valence-corrected chi connectivity index (χ1v) is 16.6. The molecule has 8 heteroatoms. The van der Waals surface area contributed by atoms with E-state index in [-0.39, 0.29) is 17.9 Å². The summed E-state index contributed by atoms with van der Waals surface area (Å²) in [5.74, 6) is -0.0928. The molecule has 3 amide bonds. The maximum Gasteiger partial charge on any atom is 0.318 e. The molecule has 3 N–H and O–H groups in total. The first kappa shape index (κ1) is 30.6. The highest BCUT2D eigenvalue weighted by atomic mass is 32.1. The first-order chi connectivity index (χ1) is 21.9. The minimum Gasteiger partial charge on any atom is -0.361 e. The number of benzene rings is 3. The van der Waals surface area contributed by atoms with E-state index >= 15 is 0 Å². The molecule has 2 unspecified atom stereocenters. The summed E-state index contributed by atoms with van der Waals surface area (Å²) < 4.78 is 0. The highest BCUT2D eigenvalue weighted by Crippen LogP contribution is 2.33. The Labute approximate surface area is 269 Å². The lowest BCUT2D eigenvalue weighted by Gasteiger charge is -2.34. The van der Waals surface area contributed by atoms with Gasteiger partial charge in [-0.25, -0.2) is 4.79 Å². The van der Waals surface area contributed by atoms with Gasteiger partial charge in [-0.05, 0) is 84.1 Å². The molecule has 0 spiro atoms. The molecule has 0 aliphatic carbocycles. The number of H-pyrrole nitrogens is 1. The zero-order chi connectivity index (χ0) is 31.3. The van der Waals surface area contributed by atoms with Gasteiger partial charge in [-0.15, -0.1) is 0 Å². The van der Waals surface area contributed by atoms with Gasteiger partial charge < -0.3 is 25.4 Å². The van der Waals surface area contributed by atoms with Crippen LogP contribution in [0.25, 0.3) is 22.0 Å². The number of carbonyl (C=O) groups is 2.